The first kappa shape index (κ1) is 11.5. The zero-order valence-corrected chi connectivity index (χ0v) is 9.55. The summed E-state index contributed by atoms with van der Waals surface area (Å²) in [5, 5.41) is 3.21. The van der Waals surface area contributed by atoms with Crippen molar-refractivity contribution in [1.82, 2.24) is 10.2 Å². The quantitative estimate of drug-likeness (QED) is 0.717. The third kappa shape index (κ3) is 2.47. The maximum absolute atomic E-state index is 11.5. The standard InChI is InChI=1S/C11H22N2O/c1-4-9(7-12-3)10-6-11(14)13(5-2)8-10/h9-10,12H,4-8H2,1-3H3. The van der Waals surface area contributed by atoms with Crippen molar-refractivity contribution in [2.45, 2.75) is 26.7 Å². The van der Waals surface area contributed by atoms with Crippen LogP contribution in [0.25, 0.3) is 0 Å². The van der Waals surface area contributed by atoms with E-state index in [1.54, 1.807) is 0 Å². The number of amides is 1. The molecule has 2 atom stereocenters. The van der Waals surface area contributed by atoms with Crippen molar-refractivity contribution in [3.8, 4) is 0 Å². The molecule has 1 rings (SSSR count). The SMILES string of the molecule is CCC(CNC)C1CC(=O)N(CC)C1. The molecule has 1 heterocycles. The lowest BCUT2D eigenvalue weighted by Gasteiger charge is -2.21. The second-order valence-electron chi connectivity index (χ2n) is 4.12. The van der Waals surface area contributed by atoms with Crippen LogP contribution < -0.4 is 5.32 Å². The molecule has 1 amide bonds. The molecule has 1 aliphatic heterocycles. The number of carbonyl (C=O) groups excluding carboxylic acids is 1. The monoisotopic (exact) mass is 198 g/mol. The van der Waals surface area contributed by atoms with Gasteiger partial charge in [0.25, 0.3) is 0 Å². The summed E-state index contributed by atoms with van der Waals surface area (Å²) in [4.78, 5) is 13.5. The molecular weight excluding hydrogens is 176 g/mol. The summed E-state index contributed by atoms with van der Waals surface area (Å²) in [6, 6.07) is 0. The van der Waals surface area contributed by atoms with Gasteiger partial charge in [-0.1, -0.05) is 13.3 Å². The zero-order valence-electron chi connectivity index (χ0n) is 9.55. The predicted octanol–water partition coefficient (Wildman–Crippen LogP) is 1.10. The lowest BCUT2D eigenvalue weighted by molar-refractivity contribution is -0.127. The lowest BCUT2D eigenvalue weighted by atomic mass is 9.89. The molecule has 0 aliphatic carbocycles. The minimum Gasteiger partial charge on any atom is -0.343 e. The van der Waals surface area contributed by atoms with Crippen LogP contribution in [0.2, 0.25) is 0 Å². The van der Waals surface area contributed by atoms with Crippen LogP contribution in [0.15, 0.2) is 0 Å². The molecule has 1 N–H and O–H groups in total. The smallest absolute Gasteiger partial charge is 0.222 e. The molecule has 0 radical (unpaired) electrons. The van der Waals surface area contributed by atoms with Crippen LogP contribution in [-0.4, -0.2) is 37.5 Å². The molecule has 3 heteroatoms. The van der Waals surface area contributed by atoms with Gasteiger partial charge in [0, 0.05) is 19.5 Å². The van der Waals surface area contributed by atoms with Gasteiger partial charge in [-0.05, 0) is 32.4 Å². The van der Waals surface area contributed by atoms with Crippen LogP contribution in [0.3, 0.4) is 0 Å². The van der Waals surface area contributed by atoms with Gasteiger partial charge in [0.15, 0.2) is 0 Å². The van der Waals surface area contributed by atoms with Gasteiger partial charge < -0.3 is 10.2 Å². The number of carbonyl (C=O) groups is 1. The van der Waals surface area contributed by atoms with Crippen LogP contribution in [0.5, 0.6) is 0 Å². The second kappa shape index (κ2) is 5.35. The Hall–Kier alpha value is -0.570. The van der Waals surface area contributed by atoms with Gasteiger partial charge >= 0.3 is 0 Å². The maximum Gasteiger partial charge on any atom is 0.222 e. The minimum atomic E-state index is 0.340. The summed E-state index contributed by atoms with van der Waals surface area (Å²) in [7, 11) is 1.98. The van der Waals surface area contributed by atoms with E-state index in [4.69, 9.17) is 0 Å². The Morgan fingerprint density at radius 3 is 2.71 bits per heavy atom. The average molecular weight is 198 g/mol. The van der Waals surface area contributed by atoms with Crippen LogP contribution >= 0.6 is 0 Å². The molecule has 0 bridgehead atoms. The Kier molecular flexibility index (Phi) is 4.39. The fraction of sp³-hybridized carbons (Fsp3) is 0.909. The van der Waals surface area contributed by atoms with E-state index < -0.39 is 0 Å². The summed E-state index contributed by atoms with van der Waals surface area (Å²) in [5.41, 5.74) is 0. The van der Waals surface area contributed by atoms with Gasteiger partial charge in [0.1, 0.15) is 0 Å². The van der Waals surface area contributed by atoms with Crippen molar-refractivity contribution in [3.63, 3.8) is 0 Å². The molecule has 1 aliphatic rings. The molecule has 82 valence electrons. The van der Waals surface area contributed by atoms with Crippen molar-refractivity contribution in [3.05, 3.63) is 0 Å². The van der Waals surface area contributed by atoms with Crippen LogP contribution in [-0.2, 0) is 4.79 Å². The fourth-order valence-electron chi connectivity index (χ4n) is 2.33. The summed E-state index contributed by atoms with van der Waals surface area (Å²) in [6.45, 7) is 7.13. The van der Waals surface area contributed by atoms with Crippen molar-refractivity contribution >= 4 is 5.91 Å². The van der Waals surface area contributed by atoms with E-state index in [0.29, 0.717) is 17.7 Å². The number of hydrogen-bond acceptors (Lipinski definition) is 2. The first-order valence-electron chi connectivity index (χ1n) is 5.65. The van der Waals surface area contributed by atoms with Gasteiger partial charge in [-0.3, -0.25) is 4.79 Å². The number of rotatable bonds is 5. The lowest BCUT2D eigenvalue weighted by Crippen LogP contribution is -2.29. The molecule has 0 aromatic carbocycles. The molecule has 14 heavy (non-hydrogen) atoms. The van der Waals surface area contributed by atoms with Crippen molar-refractivity contribution in [2.75, 3.05) is 26.7 Å². The van der Waals surface area contributed by atoms with Gasteiger partial charge in [0.2, 0.25) is 5.91 Å². The molecule has 0 saturated carbocycles. The van der Waals surface area contributed by atoms with E-state index in [0.717, 1.165) is 32.5 Å². The molecule has 0 aromatic heterocycles. The molecule has 3 nitrogen and oxygen atoms in total. The fourth-order valence-corrected chi connectivity index (χ4v) is 2.33. The number of nitrogens with one attached hydrogen (secondary N) is 1. The minimum absolute atomic E-state index is 0.340. The second-order valence-corrected chi connectivity index (χ2v) is 4.12. The molecule has 0 spiro atoms. The number of hydrogen-bond donors (Lipinski definition) is 1. The Morgan fingerprint density at radius 2 is 2.29 bits per heavy atom. The van der Waals surface area contributed by atoms with E-state index in [9.17, 15) is 4.79 Å². The van der Waals surface area contributed by atoms with E-state index in [1.165, 1.54) is 0 Å². The molecule has 1 saturated heterocycles. The van der Waals surface area contributed by atoms with Crippen LogP contribution in [0, 0.1) is 11.8 Å². The Balaban J connectivity index is 2.49. The molecular formula is C11H22N2O. The summed E-state index contributed by atoms with van der Waals surface area (Å²) >= 11 is 0. The topological polar surface area (TPSA) is 32.3 Å². The Bertz CT molecular complexity index is 194. The molecule has 1 fully saturated rings. The first-order chi connectivity index (χ1) is 6.72. The van der Waals surface area contributed by atoms with Crippen molar-refractivity contribution in [1.29, 1.82) is 0 Å². The van der Waals surface area contributed by atoms with Crippen molar-refractivity contribution in [2.24, 2.45) is 11.8 Å². The van der Waals surface area contributed by atoms with E-state index in [-0.39, 0.29) is 0 Å². The van der Waals surface area contributed by atoms with E-state index >= 15 is 0 Å². The third-order valence-electron chi connectivity index (χ3n) is 3.28. The van der Waals surface area contributed by atoms with Gasteiger partial charge in [-0.2, -0.15) is 0 Å². The highest BCUT2D eigenvalue weighted by Crippen LogP contribution is 2.26. The normalized spacial score (nSPS) is 24.4. The van der Waals surface area contributed by atoms with Gasteiger partial charge in [-0.25, -0.2) is 0 Å². The number of nitrogens with zero attached hydrogens (tertiary/aromatic N) is 1. The van der Waals surface area contributed by atoms with Crippen LogP contribution in [0.4, 0.5) is 0 Å². The first-order valence-corrected chi connectivity index (χ1v) is 5.65. The van der Waals surface area contributed by atoms with E-state index in [2.05, 4.69) is 19.2 Å². The summed E-state index contributed by atoms with van der Waals surface area (Å²) < 4.78 is 0. The Morgan fingerprint density at radius 1 is 1.57 bits per heavy atom. The van der Waals surface area contributed by atoms with Crippen molar-refractivity contribution < 1.29 is 4.79 Å². The maximum atomic E-state index is 11.5. The summed E-state index contributed by atoms with van der Waals surface area (Å²) in [5.74, 6) is 1.56. The molecule has 2 unspecified atom stereocenters. The number of likely N-dealkylation sites (tertiary alicyclic amines) is 1. The zero-order chi connectivity index (χ0) is 10.6. The highest BCUT2D eigenvalue weighted by atomic mass is 16.2. The van der Waals surface area contributed by atoms with E-state index in [1.807, 2.05) is 11.9 Å². The van der Waals surface area contributed by atoms with Gasteiger partial charge in [-0.15, -0.1) is 0 Å². The Labute approximate surface area is 86.9 Å². The predicted molar refractivity (Wildman–Crippen MR) is 58.1 cm³/mol. The molecule has 0 aromatic rings. The average Bonchev–Trinajstić information content (AvgIpc) is 2.56. The summed E-state index contributed by atoms with van der Waals surface area (Å²) in [6.07, 6.45) is 1.92. The highest BCUT2D eigenvalue weighted by Gasteiger charge is 2.32. The van der Waals surface area contributed by atoms with Gasteiger partial charge in [0.05, 0.1) is 0 Å². The largest absolute Gasteiger partial charge is 0.343 e. The van der Waals surface area contributed by atoms with Crippen LogP contribution in [0.1, 0.15) is 26.7 Å². The third-order valence-corrected chi connectivity index (χ3v) is 3.28. The highest BCUT2D eigenvalue weighted by molar-refractivity contribution is 5.78.